The molecule has 135 heavy (non-hydrogen) atoms. The van der Waals surface area contributed by atoms with Crippen molar-refractivity contribution in [2.75, 3.05) is 0 Å². The van der Waals surface area contributed by atoms with Crippen LogP contribution in [0.1, 0.15) is 116 Å². The Hall–Kier alpha value is -14.8. The molecule has 12 heteroatoms. The molecule has 25 rings (SSSR count). The monoisotopic (exact) mass is 1800 g/mol. The third-order valence-corrected chi connectivity index (χ3v) is 33.8. The van der Waals surface area contributed by atoms with E-state index in [4.69, 9.17) is 44.9 Å². The molecule has 0 aliphatic heterocycles. The zero-order chi connectivity index (χ0) is 92.0. The number of fused-ring (bicyclic) bond motifs is 19. The zero-order valence-corrected chi connectivity index (χ0v) is 79.9. The SMILES string of the molecule is CC1(C)c2cc(-c3nc(-c4ccccc4)nc(-c4ccccc4)n3)ccc2-c2ccc3c(sc4ccccc43)c2C1(C)C.CC1(C)c2ccc(-c3ccc(-c4nc(-c5ccccc5)nc(-c5ccccc5)n4)cc3)cc2-c2cc3sc4ccccc4c3cc2C1(C)C.CC1(C)c2ccc(-c3nc(-c4ccccc4)nc(-c4ccccc4)n3)cc2-c2cc3sc4ccccc4c3cc2C1(C)C. The number of rotatable bonds is 10. The summed E-state index contributed by atoms with van der Waals surface area (Å²) in [6, 6.07) is 131. The van der Waals surface area contributed by atoms with Gasteiger partial charge in [-0.2, -0.15) is 0 Å². The molecule has 0 radical (unpaired) electrons. The third-order valence-electron chi connectivity index (χ3n) is 30.3. The topological polar surface area (TPSA) is 116 Å². The van der Waals surface area contributed by atoms with Crippen molar-refractivity contribution in [3.05, 3.63) is 403 Å². The first-order valence-corrected chi connectivity index (χ1v) is 48.9. The van der Waals surface area contributed by atoms with Gasteiger partial charge in [-0.1, -0.05) is 392 Å². The maximum Gasteiger partial charge on any atom is 0.164 e. The van der Waals surface area contributed by atoms with Gasteiger partial charge in [-0.05, 0) is 166 Å². The van der Waals surface area contributed by atoms with E-state index in [1.165, 1.54) is 138 Å². The summed E-state index contributed by atoms with van der Waals surface area (Å²) in [6.07, 6.45) is 0. The predicted molar refractivity (Wildman–Crippen MR) is 567 cm³/mol. The van der Waals surface area contributed by atoms with Gasteiger partial charge >= 0.3 is 0 Å². The fraction of sp³-hybridized carbons (Fsp3) is 0.146. The van der Waals surface area contributed by atoms with Crippen molar-refractivity contribution < 1.29 is 0 Å². The molecule has 0 amide bonds. The van der Waals surface area contributed by atoms with Crippen molar-refractivity contribution in [1.82, 2.24) is 44.9 Å². The molecule has 6 heterocycles. The van der Waals surface area contributed by atoms with Crippen LogP contribution in [0.3, 0.4) is 0 Å². The summed E-state index contributed by atoms with van der Waals surface area (Å²) < 4.78 is 8.10. The molecular weight excluding hydrogens is 1700 g/mol. The Balaban J connectivity index is 0.000000114. The maximum absolute atomic E-state index is 5.03. The van der Waals surface area contributed by atoms with Crippen LogP contribution in [-0.4, -0.2) is 44.9 Å². The lowest BCUT2D eigenvalue weighted by Gasteiger charge is -2.48. The first-order chi connectivity index (χ1) is 65.4. The predicted octanol–water partition coefficient (Wildman–Crippen LogP) is 33.1. The molecular formula is C123H97N9S3. The minimum atomic E-state index is -0.145. The molecule has 0 bridgehead atoms. The molecule has 3 aliphatic rings. The standard InChI is InChI=1S/C45H35N3S.2C39H31N3S/c1-44(2)37-24-23-32(25-34(37)35-27-40-36(26-38(35)45(44,3)4)33-17-11-12-18-39(33)49-40)28-19-21-31(22-20-28)43-47-41(29-13-7-5-8-14-29)46-42(48-43)30-15-9-6-10-16-30;1-38(2)31-20-19-26(37-41-35(24-13-7-5-8-14-24)40-36(42-37)25-15-9-6-10-16-25)21-28(31)29-23-34-30(22-32(29)39(38,3)4)27-17-11-12-18-33(27)43-34;1-38(2)31-23-26(37-41-35(24-13-7-5-8-14-24)40-36(42-37)25-15-9-6-10-16-25)19-20-27(31)29-21-22-30-28-17-11-12-18-32(28)43-34(30)33(29)39(38,3)4/h5-27H,1-4H3;2*5-23H,1-4H3. The number of benzene rings is 16. The Morgan fingerprint density at radius 1 is 0.156 bits per heavy atom. The van der Waals surface area contributed by atoms with Crippen LogP contribution < -0.4 is 0 Å². The molecule has 9 nitrogen and oxygen atoms in total. The van der Waals surface area contributed by atoms with Crippen LogP contribution in [-0.2, 0) is 32.5 Å². The summed E-state index contributed by atoms with van der Waals surface area (Å²) in [6.45, 7) is 28.8. The number of aromatic nitrogens is 9. The second kappa shape index (κ2) is 32.6. The molecule has 0 fully saturated rings. The van der Waals surface area contributed by atoms with E-state index in [2.05, 4.69) is 320 Å². The highest BCUT2D eigenvalue weighted by atomic mass is 32.1. The molecule has 6 aromatic heterocycles. The van der Waals surface area contributed by atoms with E-state index in [0.717, 1.165) is 50.1 Å². The average molecular weight is 1800 g/mol. The molecule has 0 saturated carbocycles. The average Bonchev–Trinajstić information content (AvgIpc) is 1.69. The number of thiophene rings is 3. The molecule has 0 atom stereocenters. The summed E-state index contributed by atoms with van der Waals surface area (Å²) >= 11 is 5.69. The Morgan fingerprint density at radius 2 is 0.415 bits per heavy atom. The highest BCUT2D eigenvalue weighted by Crippen LogP contribution is 2.61. The van der Waals surface area contributed by atoms with E-state index >= 15 is 0 Å². The number of hydrogen-bond acceptors (Lipinski definition) is 12. The number of nitrogens with zero attached hydrogens (tertiary/aromatic N) is 9. The van der Waals surface area contributed by atoms with Gasteiger partial charge in [-0.3, -0.25) is 0 Å². The third kappa shape index (κ3) is 14.2. The van der Waals surface area contributed by atoms with Crippen LogP contribution in [0.15, 0.2) is 370 Å². The minimum Gasteiger partial charge on any atom is -0.208 e. The van der Waals surface area contributed by atoms with Gasteiger partial charge in [-0.15, -0.1) is 34.0 Å². The van der Waals surface area contributed by atoms with Crippen molar-refractivity contribution in [2.45, 2.75) is 116 Å². The largest absolute Gasteiger partial charge is 0.208 e. The van der Waals surface area contributed by atoms with Gasteiger partial charge in [0.15, 0.2) is 52.4 Å². The molecule has 0 N–H and O–H groups in total. The van der Waals surface area contributed by atoms with Gasteiger partial charge in [0.2, 0.25) is 0 Å². The zero-order valence-electron chi connectivity index (χ0n) is 77.5. The van der Waals surface area contributed by atoms with Gasteiger partial charge in [0, 0.05) is 116 Å². The second-order valence-corrected chi connectivity index (χ2v) is 42.4. The fourth-order valence-electron chi connectivity index (χ4n) is 20.7. The van der Waals surface area contributed by atoms with Gasteiger partial charge < -0.3 is 0 Å². The molecule has 652 valence electrons. The van der Waals surface area contributed by atoms with Crippen LogP contribution in [0.4, 0.5) is 0 Å². The van der Waals surface area contributed by atoms with E-state index in [1.807, 2.05) is 167 Å². The summed E-state index contributed by atoms with van der Waals surface area (Å²) in [5, 5.41) is 8.10. The molecule has 0 spiro atoms. The van der Waals surface area contributed by atoms with Crippen LogP contribution in [0.2, 0.25) is 0 Å². The lowest BCUT2D eigenvalue weighted by atomic mass is 9.55. The van der Waals surface area contributed by atoms with Gasteiger partial charge in [0.1, 0.15) is 0 Å². The normalized spacial score (nSPS) is 14.7. The Morgan fingerprint density at radius 3 is 0.800 bits per heavy atom. The van der Waals surface area contributed by atoms with E-state index < -0.39 is 0 Å². The van der Waals surface area contributed by atoms with Crippen LogP contribution in [0.5, 0.6) is 0 Å². The van der Waals surface area contributed by atoms with Crippen molar-refractivity contribution in [1.29, 1.82) is 0 Å². The summed E-state index contributed by atoms with van der Waals surface area (Å²) in [7, 11) is 0. The van der Waals surface area contributed by atoms with E-state index in [0.29, 0.717) is 52.4 Å². The summed E-state index contributed by atoms with van der Waals surface area (Å²) in [4.78, 5) is 44.6. The lowest BCUT2D eigenvalue weighted by Crippen LogP contribution is -2.43. The van der Waals surface area contributed by atoms with E-state index in [-0.39, 0.29) is 32.5 Å². The fourth-order valence-corrected chi connectivity index (χ4v) is 24.3. The maximum atomic E-state index is 5.03. The Bertz CT molecular complexity index is 8280. The van der Waals surface area contributed by atoms with Crippen molar-refractivity contribution >= 4 is 94.5 Å². The molecule has 22 aromatic rings. The van der Waals surface area contributed by atoms with Crippen LogP contribution in [0.25, 0.3) is 208 Å². The minimum absolute atomic E-state index is 0.0442. The molecule has 0 unspecified atom stereocenters. The smallest absolute Gasteiger partial charge is 0.164 e. The van der Waals surface area contributed by atoms with Gasteiger partial charge in [0.05, 0.1) is 0 Å². The highest BCUT2D eigenvalue weighted by Gasteiger charge is 2.50. The highest BCUT2D eigenvalue weighted by molar-refractivity contribution is 7.26. The number of hydrogen-bond donors (Lipinski definition) is 0. The summed E-state index contributed by atoms with van der Waals surface area (Å²) in [5.74, 6) is 6.08. The summed E-state index contributed by atoms with van der Waals surface area (Å²) in [5.41, 5.74) is 26.9. The lowest BCUT2D eigenvalue weighted by molar-refractivity contribution is 0.299. The van der Waals surface area contributed by atoms with E-state index in [1.54, 1.807) is 0 Å². The van der Waals surface area contributed by atoms with Crippen LogP contribution in [0, 0.1) is 0 Å². The van der Waals surface area contributed by atoms with Crippen molar-refractivity contribution in [3.8, 4) is 147 Å². The molecule has 3 aliphatic carbocycles. The Labute approximate surface area is 799 Å². The second-order valence-electron chi connectivity index (χ2n) is 39.2. The quantitative estimate of drug-likeness (QED) is 0.132. The van der Waals surface area contributed by atoms with Gasteiger partial charge in [-0.25, -0.2) is 44.9 Å². The van der Waals surface area contributed by atoms with Crippen molar-refractivity contribution in [3.63, 3.8) is 0 Å². The first-order valence-electron chi connectivity index (χ1n) is 46.5. The van der Waals surface area contributed by atoms with E-state index in [9.17, 15) is 0 Å². The van der Waals surface area contributed by atoms with Gasteiger partial charge in [0.25, 0.3) is 0 Å². The van der Waals surface area contributed by atoms with Crippen LogP contribution >= 0.6 is 34.0 Å². The molecule has 16 aromatic carbocycles. The molecule has 0 saturated heterocycles. The first kappa shape index (κ1) is 84.5. The Kier molecular flexibility index (Phi) is 20.4. The van der Waals surface area contributed by atoms with Crippen molar-refractivity contribution in [2.24, 2.45) is 0 Å².